The van der Waals surface area contributed by atoms with Crippen LogP contribution >= 0.6 is 0 Å². The van der Waals surface area contributed by atoms with Crippen LogP contribution in [0.1, 0.15) is 12.0 Å². The highest BCUT2D eigenvalue weighted by molar-refractivity contribution is 7.89. The van der Waals surface area contributed by atoms with Gasteiger partial charge in [-0.1, -0.05) is 17.7 Å². The molecule has 2 fully saturated rings. The van der Waals surface area contributed by atoms with Crippen molar-refractivity contribution in [3.8, 4) is 0 Å². The largest absolute Gasteiger partial charge is 0.379 e. The van der Waals surface area contributed by atoms with Crippen LogP contribution in [0.3, 0.4) is 0 Å². The zero-order valence-corrected chi connectivity index (χ0v) is 17.5. The molecular formula is C19H31N5O3S. The number of benzene rings is 1. The highest BCUT2D eigenvalue weighted by atomic mass is 32.2. The molecule has 28 heavy (non-hydrogen) atoms. The van der Waals surface area contributed by atoms with Crippen molar-refractivity contribution in [2.75, 3.05) is 59.5 Å². The third-order valence-electron chi connectivity index (χ3n) is 5.27. The van der Waals surface area contributed by atoms with Gasteiger partial charge < -0.3 is 15.0 Å². The molecule has 0 saturated carbocycles. The molecule has 3 rings (SSSR count). The molecule has 8 nitrogen and oxygen atoms in total. The van der Waals surface area contributed by atoms with Gasteiger partial charge in [-0.15, -0.1) is 0 Å². The summed E-state index contributed by atoms with van der Waals surface area (Å²) in [4.78, 5) is 9.39. The molecule has 1 unspecified atom stereocenters. The summed E-state index contributed by atoms with van der Waals surface area (Å²) < 4.78 is 32.8. The van der Waals surface area contributed by atoms with Crippen LogP contribution in [0, 0.1) is 6.92 Å². The highest BCUT2D eigenvalue weighted by Gasteiger charge is 2.30. The molecule has 0 amide bonds. The summed E-state index contributed by atoms with van der Waals surface area (Å²) in [6, 6.07) is 7.38. The van der Waals surface area contributed by atoms with Gasteiger partial charge in [-0.25, -0.2) is 13.1 Å². The van der Waals surface area contributed by atoms with E-state index in [2.05, 4.69) is 24.8 Å². The maximum atomic E-state index is 12.3. The Morgan fingerprint density at radius 3 is 2.57 bits per heavy atom. The van der Waals surface area contributed by atoms with Crippen molar-refractivity contribution in [1.29, 1.82) is 0 Å². The van der Waals surface area contributed by atoms with E-state index in [1.807, 2.05) is 6.92 Å². The Morgan fingerprint density at radius 2 is 1.89 bits per heavy atom. The molecule has 0 aromatic heterocycles. The number of nitrogens with zero attached hydrogens (tertiary/aromatic N) is 3. The molecule has 0 radical (unpaired) electrons. The van der Waals surface area contributed by atoms with Crippen molar-refractivity contribution in [1.82, 2.24) is 19.8 Å². The molecule has 1 aromatic carbocycles. The van der Waals surface area contributed by atoms with Crippen LogP contribution in [0.25, 0.3) is 0 Å². The van der Waals surface area contributed by atoms with Crippen LogP contribution in [-0.2, 0) is 14.8 Å². The van der Waals surface area contributed by atoms with Gasteiger partial charge in [0.15, 0.2) is 5.96 Å². The average Bonchev–Trinajstić information content (AvgIpc) is 3.19. The summed E-state index contributed by atoms with van der Waals surface area (Å²) in [5, 5.41) is 3.27. The number of aliphatic imine (C=N–C) groups is 1. The average molecular weight is 410 g/mol. The van der Waals surface area contributed by atoms with Crippen LogP contribution in [-0.4, -0.2) is 89.7 Å². The second-order valence-electron chi connectivity index (χ2n) is 7.22. The van der Waals surface area contributed by atoms with E-state index in [0.29, 0.717) is 19.1 Å². The second-order valence-corrected chi connectivity index (χ2v) is 8.99. The molecule has 0 aliphatic carbocycles. The van der Waals surface area contributed by atoms with E-state index in [9.17, 15) is 8.42 Å². The summed E-state index contributed by atoms with van der Waals surface area (Å²) in [5.41, 5.74) is 1.03. The van der Waals surface area contributed by atoms with Gasteiger partial charge in [0.1, 0.15) is 0 Å². The zero-order valence-electron chi connectivity index (χ0n) is 16.7. The Bertz CT molecular complexity index is 760. The molecule has 2 aliphatic rings. The number of hydrogen-bond acceptors (Lipinski definition) is 5. The lowest BCUT2D eigenvalue weighted by molar-refractivity contribution is 0.0195. The molecule has 156 valence electrons. The Morgan fingerprint density at radius 1 is 1.18 bits per heavy atom. The molecule has 2 heterocycles. The van der Waals surface area contributed by atoms with E-state index in [0.717, 1.165) is 57.3 Å². The van der Waals surface area contributed by atoms with Gasteiger partial charge in [0.05, 0.1) is 18.1 Å². The van der Waals surface area contributed by atoms with Crippen molar-refractivity contribution in [3.63, 3.8) is 0 Å². The van der Waals surface area contributed by atoms with Crippen molar-refractivity contribution < 1.29 is 13.2 Å². The Balaban J connectivity index is 1.44. The lowest BCUT2D eigenvalue weighted by Gasteiger charge is -2.32. The number of sulfonamides is 1. The molecule has 1 atom stereocenters. The van der Waals surface area contributed by atoms with E-state index >= 15 is 0 Å². The van der Waals surface area contributed by atoms with Gasteiger partial charge in [-0.3, -0.25) is 9.89 Å². The summed E-state index contributed by atoms with van der Waals surface area (Å²) in [7, 11) is -1.72. The predicted octanol–water partition coefficient (Wildman–Crippen LogP) is 0.255. The zero-order chi connectivity index (χ0) is 20.0. The first kappa shape index (κ1) is 21.0. The van der Waals surface area contributed by atoms with E-state index in [-0.39, 0.29) is 4.90 Å². The molecule has 0 spiro atoms. The smallest absolute Gasteiger partial charge is 0.240 e. The molecule has 2 aliphatic heterocycles. The van der Waals surface area contributed by atoms with Crippen molar-refractivity contribution in [3.05, 3.63) is 29.8 Å². The highest BCUT2D eigenvalue weighted by Crippen LogP contribution is 2.17. The van der Waals surface area contributed by atoms with Crippen LogP contribution in [0.15, 0.2) is 34.2 Å². The fourth-order valence-electron chi connectivity index (χ4n) is 3.67. The number of nitrogens with one attached hydrogen (secondary N) is 2. The maximum absolute atomic E-state index is 12.3. The first-order chi connectivity index (χ1) is 13.5. The molecule has 2 N–H and O–H groups in total. The number of aryl methyl sites for hydroxylation is 1. The first-order valence-electron chi connectivity index (χ1n) is 9.83. The van der Waals surface area contributed by atoms with Gasteiger partial charge in [0.2, 0.25) is 10.0 Å². The minimum Gasteiger partial charge on any atom is -0.379 e. The van der Waals surface area contributed by atoms with Crippen molar-refractivity contribution >= 4 is 16.0 Å². The molecular weight excluding hydrogens is 378 g/mol. The van der Waals surface area contributed by atoms with E-state index in [1.54, 1.807) is 31.3 Å². The summed E-state index contributed by atoms with van der Waals surface area (Å²) in [6.07, 6.45) is 1.11. The SMILES string of the molecule is CN=C(NCCNS(=O)(=O)c1ccc(C)cc1)N1CCC(N2CCOCC2)C1. The van der Waals surface area contributed by atoms with Gasteiger partial charge in [0, 0.05) is 52.4 Å². The minimum absolute atomic E-state index is 0.287. The minimum atomic E-state index is -3.49. The molecule has 9 heteroatoms. The molecule has 0 bridgehead atoms. The summed E-state index contributed by atoms with van der Waals surface area (Å²) in [5.74, 6) is 0.824. The van der Waals surface area contributed by atoms with Gasteiger partial charge in [-0.05, 0) is 25.5 Å². The summed E-state index contributed by atoms with van der Waals surface area (Å²) >= 11 is 0. The Kier molecular flexibility index (Phi) is 7.28. The normalized spacial score (nSPS) is 21.9. The van der Waals surface area contributed by atoms with Crippen LogP contribution in [0.2, 0.25) is 0 Å². The van der Waals surface area contributed by atoms with Gasteiger partial charge >= 0.3 is 0 Å². The van der Waals surface area contributed by atoms with Crippen molar-refractivity contribution in [2.24, 2.45) is 4.99 Å². The van der Waals surface area contributed by atoms with Crippen LogP contribution in [0.5, 0.6) is 0 Å². The number of morpholine rings is 1. The Hall–Kier alpha value is -1.68. The lowest BCUT2D eigenvalue weighted by atomic mass is 10.2. The first-order valence-corrected chi connectivity index (χ1v) is 11.3. The fourth-order valence-corrected chi connectivity index (χ4v) is 4.70. The second kappa shape index (κ2) is 9.69. The van der Waals surface area contributed by atoms with E-state index in [1.165, 1.54) is 0 Å². The molecule has 2 saturated heterocycles. The standard InChI is InChI=1S/C19H31N5O3S/c1-16-3-5-18(6-4-16)28(25,26)22-9-8-21-19(20-2)24-10-7-17(15-24)23-11-13-27-14-12-23/h3-6,17,22H,7-15H2,1-2H3,(H,20,21). The third kappa shape index (κ3) is 5.44. The van der Waals surface area contributed by atoms with Crippen molar-refractivity contribution in [2.45, 2.75) is 24.3 Å². The topological polar surface area (TPSA) is 86.3 Å². The number of ether oxygens (including phenoxy) is 1. The Labute approximate surface area is 168 Å². The fraction of sp³-hybridized carbons (Fsp3) is 0.632. The predicted molar refractivity (Wildman–Crippen MR) is 110 cm³/mol. The van der Waals surface area contributed by atoms with Gasteiger partial charge in [0.25, 0.3) is 0 Å². The number of likely N-dealkylation sites (tertiary alicyclic amines) is 1. The van der Waals surface area contributed by atoms with E-state index in [4.69, 9.17) is 4.74 Å². The lowest BCUT2D eigenvalue weighted by Crippen LogP contribution is -2.47. The quantitative estimate of drug-likeness (QED) is 0.398. The van der Waals surface area contributed by atoms with Crippen LogP contribution in [0.4, 0.5) is 0 Å². The third-order valence-corrected chi connectivity index (χ3v) is 6.75. The monoisotopic (exact) mass is 409 g/mol. The maximum Gasteiger partial charge on any atom is 0.240 e. The summed E-state index contributed by atoms with van der Waals surface area (Å²) in [6.45, 7) is 8.21. The number of guanidine groups is 1. The van der Waals surface area contributed by atoms with E-state index < -0.39 is 10.0 Å². The van der Waals surface area contributed by atoms with Crippen LogP contribution < -0.4 is 10.0 Å². The van der Waals surface area contributed by atoms with Gasteiger partial charge in [-0.2, -0.15) is 0 Å². The number of hydrogen-bond donors (Lipinski definition) is 2. The number of rotatable bonds is 6. The molecule has 1 aromatic rings.